The quantitative estimate of drug-likeness (QED) is 0.663. The fourth-order valence-electron chi connectivity index (χ4n) is 2.66. The summed E-state index contributed by atoms with van der Waals surface area (Å²) in [7, 11) is 0. The van der Waals surface area contributed by atoms with Crippen molar-refractivity contribution in [2.75, 3.05) is 26.2 Å². The largest absolute Gasteiger partial charge is 0.342 e. The van der Waals surface area contributed by atoms with Crippen LogP contribution in [-0.4, -0.2) is 37.0 Å². The van der Waals surface area contributed by atoms with Crippen molar-refractivity contribution in [3.05, 3.63) is 0 Å². The van der Waals surface area contributed by atoms with Crippen LogP contribution in [0.5, 0.6) is 0 Å². The van der Waals surface area contributed by atoms with Gasteiger partial charge in [-0.25, -0.2) is 0 Å². The number of hydrogen-bond acceptors (Lipinski definition) is 2. The van der Waals surface area contributed by atoms with Crippen molar-refractivity contribution in [1.29, 1.82) is 0 Å². The number of nitrogens with one attached hydrogen (secondary N) is 1. The van der Waals surface area contributed by atoms with Crippen LogP contribution in [-0.2, 0) is 4.79 Å². The molecule has 0 aromatic heterocycles. The first-order valence-corrected chi connectivity index (χ1v) is 5.64. The maximum atomic E-state index is 12.1. The second kappa shape index (κ2) is 2.51. The first-order valence-electron chi connectivity index (χ1n) is 5.64. The first-order chi connectivity index (χ1) is 6.64. The van der Waals surface area contributed by atoms with Crippen molar-refractivity contribution < 1.29 is 4.79 Å². The third-order valence-electron chi connectivity index (χ3n) is 4.24. The van der Waals surface area contributed by atoms with E-state index >= 15 is 0 Å². The number of carbonyl (C=O) groups is 1. The Morgan fingerprint density at radius 1 is 1.29 bits per heavy atom. The number of rotatable bonds is 1. The van der Waals surface area contributed by atoms with Crippen LogP contribution in [0.25, 0.3) is 0 Å². The van der Waals surface area contributed by atoms with E-state index in [1.807, 2.05) is 0 Å². The number of hydrogen-bond donors (Lipinski definition) is 1. The van der Waals surface area contributed by atoms with Crippen molar-refractivity contribution in [3.8, 4) is 0 Å². The molecule has 0 radical (unpaired) electrons. The summed E-state index contributed by atoms with van der Waals surface area (Å²) in [6.45, 7) is 6.35. The fraction of sp³-hybridized carbons (Fsp3) is 0.909. The predicted octanol–water partition coefficient (Wildman–Crippen LogP) is 0.608. The molecule has 1 aliphatic carbocycles. The van der Waals surface area contributed by atoms with Gasteiger partial charge in [0, 0.05) is 37.0 Å². The molecule has 14 heavy (non-hydrogen) atoms. The van der Waals surface area contributed by atoms with E-state index in [2.05, 4.69) is 17.1 Å². The number of likely N-dealkylation sites (tertiary alicyclic amines) is 1. The highest BCUT2D eigenvalue weighted by atomic mass is 16.2. The summed E-state index contributed by atoms with van der Waals surface area (Å²) >= 11 is 0. The van der Waals surface area contributed by atoms with Crippen molar-refractivity contribution >= 4 is 5.91 Å². The summed E-state index contributed by atoms with van der Waals surface area (Å²) in [5.41, 5.74) is 0.490. The van der Waals surface area contributed by atoms with Gasteiger partial charge in [-0.1, -0.05) is 6.92 Å². The van der Waals surface area contributed by atoms with E-state index in [9.17, 15) is 4.79 Å². The summed E-state index contributed by atoms with van der Waals surface area (Å²) in [6, 6.07) is 0. The Morgan fingerprint density at radius 2 is 2.00 bits per heavy atom. The molecular formula is C11H18N2O. The highest BCUT2D eigenvalue weighted by Crippen LogP contribution is 2.48. The van der Waals surface area contributed by atoms with Crippen molar-refractivity contribution in [1.82, 2.24) is 10.2 Å². The van der Waals surface area contributed by atoms with E-state index in [1.165, 1.54) is 6.42 Å². The van der Waals surface area contributed by atoms with Gasteiger partial charge in [-0.3, -0.25) is 4.79 Å². The normalized spacial score (nSPS) is 31.6. The molecule has 0 unspecified atom stereocenters. The van der Waals surface area contributed by atoms with Gasteiger partial charge in [0.15, 0.2) is 0 Å². The van der Waals surface area contributed by atoms with Crippen LogP contribution >= 0.6 is 0 Å². The van der Waals surface area contributed by atoms with Crippen LogP contribution < -0.4 is 5.32 Å². The molecule has 2 saturated heterocycles. The SMILES string of the molecule is CC1(C(=O)N2CCC3(CNC3)C2)CC1. The highest BCUT2D eigenvalue weighted by molar-refractivity contribution is 5.85. The Bertz CT molecular complexity index is 279. The summed E-state index contributed by atoms with van der Waals surface area (Å²) in [4.78, 5) is 14.2. The third kappa shape index (κ3) is 1.11. The topological polar surface area (TPSA) is 32.3 Å². The van der Waals surface area contributed by atoms with Crippen molar-refractivity contribution in [3.63, 3.8) is 0 Å². The Morgan fingerprint density at radius 3 is 2.43 bits per heavy atom. The van der Waals surface area contributed by atoms with E-state index < -0.39 is 0 Å². The average molecular weight is 194 g/mol. The molecule has 2 aliphatic heterocycles. The second-order valence-corrected chi connectivity index (χ2v) is 5.64. The summed E-state index contributed by atoms with van der Waals surface area (Å²) in [5, 5.41) is 3.32. The van der Waals surface area contributed by atoms with E-state index in [4.69, 9.17) is 0 Å². The Kier molecular flexibility index (Phi) is 1.56. The van der Waals surface area contributed by atoms with Crippen LogP contribution in [0.3, 0.4) is 0 Å². The molecule has 78 valence electrons. The second-order valence-electron chi connectivity index (χ2n) is 5.64. The first kappa shape index (κ1) is 8.72. The molecule has 0 aromatic carbocycles. The van der Waals surface area contributed by atoms with Gasteiger partial charge >= 0.3 is 0 Å². The smallest absolute Gasteiger partial charge is 0.228 e. The van der Waals surface area contributed by atoms with E-state index in [-0.39, 0.29) is 5.41 Å². The summed E-state index contributed by atoms with van der Waals surface area (Å²) in [6.07, 6.45) is 3.42. The minimum absolute atomic E-state index is 0.0305. The summed E-state index contributed by atoms with van der Waals surface area (Å²) < 4.78 is 0. The Balaban J connectivity index is 1.67. The van der Waals surface area contributed by atoms with E-state index in [0.29, 0.717) is 11.3 Å². The van der Waals surface area contributed by atoms with Crippen LogP contribution in [0, 0.1) is 10.8 Å². The third-order valence-corrected chi connectivity index (χ3v) is 4.24. The lowest BCUT2D eigenvalue weighted by Crippen LogP contribution is -2.55. The van der Waals surface area contributed by atoms with Gasteiger partial charge in [0.2, 0.25) is 5.91 Å². The van der Waals surface area contributed by atoms with E-state index in [1.54, 1.807) is 0 Å². The molecule has 1 amide bonds. The molecule has 1 saturated carbocycles. The molecule has 3 heteroatoms. The Labute approximate surface area is 84.8 Å². The van der Waals surface area contributed by atoms with Gasteiger partial charge in [-0.05, 0) is 19.3 Å². The molecule has 0 atom stereocenters. The maximum Gasteiger partial charge on any atom is 0.228 e. The van der Waals surface area contributed by atoms with Crippen LogP contribution in [0.2, 0.25) is 0 Å². The lowest BCUT2D eigenvalue weighted by Gasteiger charge is -2.39. The standard InChI is InChI=1S/C11H18N2O/c1-10(2-3-10)9(14)13-5-4-11(8-13)6-12-7-11/h12H,2-8H2,1H3. The van der Waals surface area contributed by atoms with Crippen molar-refractivity contribution in [2.24, 2.45) is 10.8 Å². The molecule has 0 bridgehead atoms. The fourth-order valence-corrected chi connectivity index (χ4v) is 2.66. The zero-order valence-corrected chi connectivity index (χ0v) is 8.81. The van der Waals surface area contributed by atoms with Gasteiger partial charge < -0.3 is 10.2 Å². The van der Waals surface area contributed by atoms with Gasteiger partial charge in [0.05, 0.1) is 0 Å². The van der Waals surface area contributed by atoms with Gasteiger partial charge in [0.1, 0.15) is 0 Å². The monoisotopic (exact) mass is 194 g/mol. The van der Waals surface area contributed by atoms with Gasteiger partial charge in [-0.2, -0.15) is 0 Å². The zero-order chi connectivity index (χ0) is 9.81. The minimum atomic E-state index is 0.0305. The number of nitrogens with zero attached hydrogens (tertiary/aromatic N) is 1. The molecule has 3 rings (SSSR count). The van der Waals surface area contributed by atoms with Gasteiger partial charge in [-0.15, -0.1) is 0 Å². The van der Waals surface area contributed by atoms with Crippen LogP contribution in [0.4, 0.5) is 0 Å². The average Bonchev–Trinajstić information content (AvgIpc) is 2.71. The van der Waals surface area contributed by atoms with Crippen LogP contribution in [0.1, 0.15) is 26.2 Å². The number of carbonyl (C=O) groups excluding carboxylic acids is 1. The molecular weight excluding hydrogens is 176 g/mol. The molecule has 1 N–H and O–H groups in total. The lowest BCUT2D eigenvalue weighted by molar-refractivity contribution is -0.135. The molecule has 2 heterocycles. The van der Waals surface area contributed by atoms with Crippen LogP contribution in [0.15, 0.2) is 0 Å². The molecule has 3 aliphatic rings. The van der Waals surface area contributed by atoms with E-state index in [0.717, 1.165) is 39.0 Å². The zero-order valence-electron chi connectivity index (χ0n) is 8.81. The lowest BCUT2D eigenvalue weighted by atomic mass is 9.81. The molecule has 1 spiro atoms. The highest BCUT2D eigenvalue weighted by Gasteiger charge is 2.51. The molecule has 3 nitrogen and oxygen atoms in total. The molecule has 3 fully saturated rings. The molecule has 0 aromatic rings. The number of amides is 1. The van der Waals surface area contributed by atoms with Crippen molar-refractivity contribution in [2.45, 2.75) is 26.2 Å². The Hall–Kier alpha value is -0.570. The maximum absolute atomic E-state index is 12.1. The minimum Gasteiger partial charge on any atom is -0.342 e. The van der Waals surface area contributed by atoms with Gasteiger partial charge in [0.25, 0.3) is 0 Å². The predicted molar refractivity (Wildman–Crippen MR) is 53.8 cm³/mol. The summed E-state index contributed by atoms with van der Waals surface area (Å²) in [5.74, 6) is 0.418.